The minimum absolute atomic E-state index is 0.228. The Morgan fingerprint density at radius 1 is 1.24 bits per heavy atom. The number of H-pyrrole nitrogens is 1. The second-order valence-electron chi connectivity index (χ2n) is 4.96. The lowest BCUT2D eigenvalue weighted by Gasteiger charge is -2.09. The van der Waals surface area contributed by atoms with E-state index < -0.39 is 0 Å². The molecule has 0 radical (unpaired) electrons. The van der Waals surface area contributed by atoms with Gasteiger partial charge in [-0.05, 0) is 35.0 Å². The molecule has 0 fully saturated rings. The first kappa shape index (κ1) is 16.7. The number of allylic oxidation sites excluding steroid dienone is 1. The van der Waals surface area contributed by atoms with Gasteiger partial charge in [0.25, 0.3) is 0 Å². The van der Waals surface area contributed by atoms with Crippen LogP contribution >= 0.6 is 11.8 Å². The number of nitrogens with zero attached hydrogens (tertiary/aromatic N) is 4. The van der Waals surface area contributed by atoms with Gasteiger partial charge in [0.1, 0.15) is 17.5 Å². The molecule has 6 nitrogen and oxygen atoms in total. The largest absolute Gasteiger partial charge is 0.359 e. The van der Waals surface area contributed by atoms with Crippen molar-refractivity contribution in [2.24, 2.45) is 0 Å². The summed E-state index contributed by atoms with van der Waals surface area (Å²) < 4.78 is 13.0. The quantitative estimate of drug-likeness (QED) is 0.520. The number of thioether (sulfide) groups is 1. The molecule has 8 heteroatoms. The normalized spacial score (nSPS) is 11.1. The smallest absolute Gasteiger partial charge is 0.216 e. The summed E-state index contributed by atoms with van der Waals surface area (Å²) in [6.07, 6.45) is 1.54. The van der Waals surface area contributed by atoms with Gasteiger partial charge in [-0.25, -0.2) is 4.39 Å². The predicted octanol–water partition coefficient (Wildman–Crippen LogP) is 3.61. The number of hydrogen-bond donors (Lipinski definition) is 2. The van der Waals surface area contributed by atoms with E-state index in [1.54, 1.807) is 30.1 Å². The minimum Gasteiger partial charge on any atom is -0.359 e. The van der Waals surface area contributed by atoms with Crippen molar-refractivity contribution >= 4 is 23.0 Å². The van der Waals surface area contributed by atoms with Crippen molar-refractivity contribution in [1.29, 1.82) is 5.26 Å². The monoisotopic (exact) mass is 352 g/mol. The molecule has 0 spiro atoms. The maximum absolute atomic E-state index is 13.0. The third-order valence-corrected chi connectivity index (χ3v) is 4.42. The van der Waals surface area contributed by atoms with Crippen LogP contribution < -0.4 is 5.32 Å². The van der Waals surface area contributed by atoms with Crippen molar-refractivity contribution in [3.8, 4) is 6.07 Å². The predicted molar refractivity (Wildman–Crippen MR) is 93.8 cm³/mol. The highest BCUT2D eigenvalue weighted by molar-refractivity contribution is 7.98. The zero-order chi connectivity index (χ0) is 17.5. The van der Waals surface area contributed by atoms with Gasteiger partial charge in [-0.1, -0.05) is 24.3 Å². The number of hydrogen-bond acceptors (Lipinski definition) is 6. The van der Waals surface area contributed by atoms with Crippen molar-refractivity contribution < 1.29 is 4.39 Å². The van der Waals surface area contributed by atoms with Crippen LogP contribution in [0.3, 0.4) is 0 Å². The highest BCUT2D eigenvalue weighted by atomic mass is 32.2. The van der Waals surface area contributed by atoms with Crippen molar-refractivity contribution in [3.05, 3.63) is 71.9 Å². The summed E-state index contributed by atoms with van der Waals surface area (Å²) in [5, 5.41) is 25.7. The third-order valence-electron chi connectivity index (χ3n) is 3.27. The fourth-order valence-corrected chi connectivity index (χ4v) is 3.00. The molecule has 3 aromatic rings. The molecule has 124 valence electrons. The Morgan fingerprint density at radius 2 is 2.04 bits per heavy atom. The highest BCUT2D eigenvalue weighted by Crippen LogP contribution is 2.30. The van der Waals surface area contributed by atoms with E-state index in [0.717, 1.165) is 16.1 Å². The number of nitrogens with one attached hydrogen (secondary N) is 2. The molecular formula is C17H13FN6S. The Hall–Kier alpha value is -3.18. The van der Waals surface area contributed by atoms with E-state index in [9.17, 15) is 9.65 Å². The number of tetrazole rings is 1. The van der Waals surface area contributed by atoms with Crippen LogP contribution in [0.2, 0.25) is 0 Å². The van der Waals surface area contributed by atoms with Crippen molar-refractivity contribution in [2.75, 3.05) is 5.32 Å². The van der Waals surface area contributed by atoms with Crippen molar-refractivity contribution in [3.63, 3.8) is 0 Å². The molecule has 2 N–H and O–H groups in total. The number of aromatic nitrogens is 4. The zero-order valence-corrected chi connectivity index (χ0v) is 13.8. The van der Waals surface area contributed by atoms with Gasteiger partial charge in [0.2, 0.25) is 5.82 Å². The molecule has 0 saturated carbocycles. The number of para-hydroxylation sites is 1. The van der Waals surface area contributed by atoms with E-state index >= 15 is 0 Å². The van der Waals surface area contributed by atoms with Crippen LogP contribution in [0.25, 0.3) is 5.57 Å². The van der Waals surface area contributed by atoms with Crippen LogP contribution in [0, 0.1) is 17.1 Å². The summed E-state index contributed by atoms with van der Waals surface area (Å²) in [4.78, 5) is 1.01. The number of nitriles is 1. The van der Waals surface area contributed by atoms with Gasteiger partial charge >= 0.3 is 0 Å². The maximum Gasteiger partial charge on any atom is 0.216 e. The Kier molecular flexibility index (Phi) is 5.39. The standard InChI is InChI=1S/C17H13FN6S/c18-14-7-5-12(6-8-14)11-25-16-4-2-1-3-15(16)20-10-13(9-19)17-21-23-24-22-17/h1-8,10,20H,11H2,(H,21,22,23,24). The lowest BCUT2D eigenvalue weighted by molar-refractivity contribution is 0.627. The summed E-state index contributed by atoms with van der Waals surface area (Å²) in [7, 11) is 0. The van der Waals surface area contributed by atoms with Crippen LogP contribution in [0.15, 0.2) is 59.6 Å². The van der Waals surface area contributed by atoms with Crippen molar-refractivity contribution in [1.82, 2.24) is 20.6 Å². The first-order valence-electron chi connectivity index (χ1n) is 7.33. The topological polar surface area (TPSA) is 90.3 Å². The minimum atomic E-state index is -0.244. The molecule has 0 bridgehead atoms. The van der Waals surface area contributed by atoms with Gasteiger partial charge in [0, 0.05) is 16.8 Å². The fraction of sp³-hybridized carbons (Fsp3) is 0.0588. The van der Waals surface area contributed by atoms with E-state index in [1.807, 2.05) is 30.3 Å². The van der Waals surface area contributed by atoms with Crippen molar-refractivity contribution in [2.45, 2.75) is 10.6 Å². The van der Waals surface area contributed by atoms with Gasteiger partial charge in [0.05, 0.1) is 5.69 Å². The molecular weight excluding hydrogens is 339 g/mol. The Balaban J connectivity index is 1.72. The summed E-state index contributed by atoms with van der Waals surface area (Å²) in [5.41, 5.74) is 2.15. The number of benzene rings is 2. The Morgan fingerprint density at radius 3 is 2.76 bits per heavy atom. The van der Waals surface area contributed by atoms with E-state index in [2.05, 4.69) is 25.9 Å². The van der Waals surface area contributed by atoms with Gasteiger partial charge in [-0.2, -0.15) is 10.5 Å². The third kappa shape index (κ3) is 4.43. The van der Waals surface area contributed by atoms with Crippen LogP contribution in [0.5, 0.6) is 0 Å². The average Bonchev–Trinajstić information content (AvgIpc) is 3.17. The van der Waals surface area contributed by atoms with E-state index in [0.29, 0.717) is 5.75 Å². The summed E-state index contributed by atoms with van der Waals surface area (Å²) in [6, 6.07) is 16.2. The molecule has 0 amide bonds. The highest BCUT2D eigenvalue weighted by Gasteiger charge is 2.07. The number of rotatable bonds is 6. The molecule has 0 aliphatic rings. The molecule has 3 rings (SSSR count). The van der Waals surface area contributed by atoms with Crippen LogP contribution in [0.4, 0.5) is 10.1 Å². The number of halogens is 1. The molecule has 25 heavy (non-hydrogen) atoms. The SMILES string of the molecule is N#CC(=CNc1ccccc1SCc1ccc(F)cc1)c1nn[nH]n1. The lowest BCUT2D eigenvalue weighted by Crippen LogP contribution is -1.94. The second kappa shape index (κ2) is 8.08. The summed E-state index contributed by atoms with van der Waals surface area (Å²) in [6.45, 7) is 0. The fourth-order valence-electron chi connectivity index (χ4n) is 2.03. The van der Waals surface area contributed by atoms with E-state index in [-0.39, 0.29) is 17.2 Å². The first-order chi connectivity index (χ1) is 12.3. The van der Waals surface area contributed by atoms with Gasteiger partial charge in [-0.15, -0.1) is 22.0 Å². The lowest BCUT2D eigenvalue weighted by atomic mass is 10.2. The number of anilines is 1. The molecule has 1 heterocycles. The Labute approximate surface area is 147 Å². The first-order valence-corrected chi connectivity index (χ1v) is 8.32. The molecule has 0 aliphatic heterocycles. The summed E-state index contributed by atoms with van der Waals surface area (Å²) >= 11 is 1.62. The van der Waals surface area contributed by atoms with E-state index in [4.69, 9.17) is 0 Å². The van der Waals surface area contributed by atoms with Crippen LogP contribution in [0.1, 0.15) is 11.4 Å². The average molecular weight is 352 g/mol. The summed E-state index contributed by atoms with van der Waals surface area (Å²) in [5.74, 6) is 0.691. The molecule has 0 atom stereocenters. The zero-order valence-electron chi connectivity index (χ0n) is 13.0. The second-order valence-corrected chi connectivity index (χ2v) is 5.98. The molecule has 0 aliphatic carbocycles. The Bertz CT molecular complexity index is 900. The maximum atomic E-state index is 13.0. The molecule has 0 unspecified atom stereocenters. The van der Waals surface area contributed by atoms with Crippen LogP contribution in [-0.4, -0.2) is 20.6 Å². The molecule has 1 aromatic heterocycles. The van der Waals surface area contributed by atoms with Crippen LogP contribution in [-0.2, 0) is 5.75 Å². The van der Waals surface area contributed by atoms with Gasteiger partial charge in [-0.3, -0.25) is 0 Å². The van der Waals surface area contributed by atoms with Gasteiger partial charge < -0.3 is 5.32 Å². The van der Waals surface area contributed by atoms with Gasteiger partial charge in [0.15, 0.2) is 0 Å². The molecule has 2 aromatic carbocycles. The van der Waals surface area contributed by atoms with E-state index in [1.165, 1.54) is 12.1 Å². The number of aromatic amines is 1. The molecule has 0 saturated heterocycles.